The Morgan fingerprint density at radius 2 is 1.65 bits per heavy atom. The summed E-state index contributed by atoms with van der Waals surface area (Å²) >= 11 is 16.1. The number of hydrogen-bond acceptors (Lipinski definition) is 4. The molecule has 0 bridgehead atoms. The molecule has 10 heteroatoms. The summed E-state index contributed by atoms with van der Waals surface area (Å²) in [5, 5.41) is 5.67. The first-order chi connectivity index (χ1) is 16.3. The van der Waals surface area contributed by atoms with Crippen molar-refractivity contribution in [1.82, 2.24) is 19.3 Å². The summed E-state index contributed by atoms with van der Waals surface area (Å²) in [5.41, 5.74) is 1.67. The summed E-state index contributed by atoms with van der Waals surface area (Å²) in [6.07, 6.45) is 1.49. The first kappa shape index (κ1) is 23.0. The number of rotatable bonds is 4. The van der Waals surface area contributed by atoms with Gasteiger partial charge in [-0.3, -0.25) is 13.6 Å². The van der Waals surface area contributed by atoms with Crippen LogP contribution in [0.1, 0.15) is 0 Å². The molecular weight excluding hydrogens is 559 g/mol. The zero-order chi connectivity index (χ0) is 24.0. The third kappa shape index (κ3) is 4.01. The van der Waals surface area contributed by atoms with Gasteiger partial charge in [0.15, 0.2) is 16.5 Å². The Kier molecular flexibility index (Phi) is 6.16. The minimum atomic E-state index is -1.53. The van der Waals surface area contributed by atoms with Crippen LogP contribution >= 0.6 is 39.1 Å². The summed E-state index contributed by atoms with van der Waals surface area (Å²) in [4.78, 5) is 18.9. The van der Waals surface area contributed by atoms with Gasteiger partial charge >= 0.3 is 0 Å². The van der Waals surface area contributed by atoms with Gasteiger partial charge in [0.1, 0.15) is 5.39 Å². The topological polar surface area (TPSA) is 69.8 Å². The Balaban J connectivity index is 1.95. The van der Waals surface area contributed by atoms with Gasteiger partial charge in [0, 0.05) is 21.3 Å². The molecule has 2 heterocycles. The number of nitrogens with zero attached hydrogens (tertiary/aromatic N) is 4. The highest BCUT2D eigenvalue weighted by Gasteiger charge is 2.25. The molecular formula is C24H15BrCl2N4O2S. The second kappa shape index (κ2) is 9.11. The first-order valence-corrected chi connectivity index (χ1v) is 13.1. The molecule has 0 aliphatic carbocycles. The molecule has 3 aromatic carbocycles. The Bertz CT molecular complexity index is 1630. The van der Waals surface area contributed by atoms with E-state index < -0.39 is 16.4 Å². The van der Waals surface area contributed by atoms with Crippen LogP contribution in [0.3, 0.4) is 0 Å². The highest BCUT2D eigenvalue weighted by Crippen LogP contribution is 2.32. The summed E-state index contributed by atoms with van der Waals surface area (Å²) in [5.74, 6) is 0.312. The second-order valence-electron chi connectivity index (χ2n) is 7.38. The molecule has 34 heavy (non-hydrogen) atoms. The van der Waals surface area contributed by atoms with Crippen molar-refractivity contribution in [1.29, 1.82) is 0 Å². The monoisotopic (exact) mass is 572 g/mol. The minimum Gasteiger partial charge on any atom is -0.268 e. The molecule has 170 valence electrons. The standard InChI is InChI=1S/C24H15BrCl2N4O2S/c1-34(33)23-20-22(31(29-23)17-5-3-2-4-6-17)28-21(18-12-9-15(26)13-19(18)27)30(24(20)32)16-10-7-14(25)8-11-16/h2-13H,1H3. The van der Waals surface area contributed by atoms with E-state index in [0.29, 0.717) is 32.8 Å². The van der Waals surface area contributed by atoms with E-state index in [4.69, 9.17) is 28.2 Å². The van der Waals surface area contributed by atoms with Crippen molar-refractivity contribution in [2.45, 2.75) is 5.03 Å². The third-order valence-electron chi connectivity index (χ3n) is 5.20. The van der Waals surface area contributed by atoms with Crippen LogP contribution in [-0.2, 0) is 10.8 Å². The van der Waals surface area contributed by atoms with Gasteiger partial charge in [-0.2, -0.15) is 5.10 Å². The predicted molar refractivity (Wildman–Crippen MR) is 140 cm³/mol. The van der Waals surface area contributed by atoms with Gasteiger partial charge < -0.3 is 0 Å². The molecule has 0 N–H and O–H groups in total. The molecule has 0 aliphatic heterocycles. The van der Waals surface area contributed by atoms with Crippen LogP contribution in [0.5, 0.6) is 0 Å². The number of fused-ring (bicyclic) bond motifs is 1. The SMILES string of the molecule is CS(=O)c1nn(-c2ccccc2)c2nc(-c3ccc(Cl)cc3Cl)n(-c3ccc(Br)cc3)c(=O)c12. The van der Waals surface area contributed by atoms with Crippen LogP contribution in [-0.4, -0.2) is 29.8 Å². The molecule has 0 aliphatic rings. The maximum Gasteiger partial charge on any atom is 0.270 e. The lowest BCUT2D eigenvalue weighted by Crippen LogP contribution is -2.22. The van der Waals surface area contributed by atoms with Crippen LogP contribution < -0.4 is 5.56 Å². The van der Waals surface area contributed by atoms with Crippen molar-refractivity contribution in [3.8, 4) is 22.8 Å². The fourth-order valence-electron chi connectivity index (χ4n) is 3.67. The number of aromatic nitrogens is 4. The molecule has 5 rings (SSSR count). The molecule has 0 radical (unpaired) electrons. The average molecular weight is 574 g/mol. The van der Waals surface area contributed by atoms with Crippen molar-refractivity contribution < 1.29 is 4.21 Å². The van der Waals surface area contributed by atoms with E-state index in [1.54, 1.807) is 30.3 Å². The van der Waals surface area contributed by atoms with Gasteiger partial charge in [-0.1, -0.05) is 57.3 Å². The van der Waals surface area contributed by atoms with Crippen LogP contribution in [0.15, 0.2) is 87.1 Å². The maximum absolute atomic E-state index is 14.0. The molecule has 0 fully saturated rings. The number of hydrogen-bond donors (Lipinski definition) is 0. The number of benzene rings is 3. The Labute approximate surface area is 215 Å². The first-order valence-electron chi connectivity index (χ1n) is 10.0. The summed E-state index contributed by atoms with van der Waals surface area (Å²) in [6.45, 7) is 0. The van der Waals surface area contributed by atoms with Gasteiger partial charge in [0.05, 0.1) is 27.2 Å². The fourth-order valence-corrected chi connectivity index (χ4v) is 5.09. The van der Waals surface area contributed by atoms with Gasteiger partial charge in [-0.15, -0.1) is 0 Å². The molecule has 0 spiro atoms. The van der Waals surface area contributed by atoms with Crippen LogP contribution in [0.4, 0.5) is 0 Å². The smallest absolute Gasteiger partial charge is 0.268 e. The zero-order valence-corrected chi connectivity index (χ0v) is 21.5. The van der Waals surface area contributed by atoms with Crippen LogP contribution in [0.25, 0.3) is 33.8 Å². The van der Waals surface area contributed by atoms with E-state index in [1.807, 2.05) is 42.5 Å². The lowest BCUT2D eigenvalue weighted by molar-refractivity contribution is 0.682. The third-order valence-corrected chi connectivity index (χ3v) is 7.11. The normalized spacial score (nSPS) is 12.2. The van der Waals surface area contributed by atoms with E-state index in [2.05, 4.69) is 21.0 Å². The Hall–Kier alpha value is -2.78. The molecule has 0 saturated heterocycles. The quantitative estimate of drug-likeness (QED) is 0.262. The summed E-state index contributed by atoms with van der Waals surface area (Å²) < 4.78 is 16.5. The van der Waals surface area contributed by atoms with Crippen molar-refractivity contribution in [3.05, 3.63) is 97.7 Å². The second-order valence-corrected chi connectivity index (χ2v) is 10.4. The molecule has 6 nitrogen and oxygen atoms in total. The van der Waals surface area contributed by atoms with Gasteiger partial charge in [-0.05, 0) is 54.6 Å². The van der Waals surface area contributed by atoms with E-state index in [-0.39, 0.29) is 16.1 Å². The maximum atomic E-state index is 14.0. The van der Waals surface area contributed by atoms with E-state index in [1.165, 1.54) is 15.5 Å². The molecule has 0 saturated carbocycles. The summed E-state index contributed by atoms with van der Waals surface area (Å²) in [7, 11) is -1.53. The summed E-state index contributed by atoms with van der Waals surface area (Å²) in [6, 6.07) is 21.5. The molecule has 5 aromatic rings. The Morgan fingerprint density at radius 3 is 2.29 bits per heavy atom. The molecule has 1 atom stereocenters. The van der Waals surface area contributed by atoms with E-state index in [0.717, 1.165) is 4.47 Å². The van der Waals surface area contributed by atoms with E-state index >= 15 is 0 Å². The van der Waals surface area contributed by atoms with Crippen molar-refractivity contribution in [2.24, 2.45) is 0 Å². The van der Waals surface area contributed by atoms with Crippen molar-refractivity contribution in [3.63, 3.8) is 0 Å². The fraction of sp³-hybridized carbons (Fsp3) is 0.0417. The van der Waals surface area contributed by atoms with E-state index in [9.17, 15) is 9.00 Å². The highest BCUT2D eigenvalue weighted by molar-refractivity contribution is 9.10. The number of para-hydroxylation sites is 1. The predicted octanol–water partition coefficient (Wildman–Crippen LogP) is 6.05. The Morgan fingerprint density at radius 1 is 0.941 bits per heavy atom. The van der Waals surface area contributed by atoms with Crippen molar-refractivity contribution in [2.75, 3.05) is 6.26 Å². The van der Waals surface area contributed by atoms with Gasteiger partial charge in [0.25, 0.3) is 5.56 Å². The zero-order valence-electron chi connectivity index (χ0n) is 17.6. The van der Waals surface area contributed by atoms with Crippen molar-refractivity contribution >= 4 is 61.0 Å². The van der Waals surface area contributed by atoms with Gasteiger partial charge in [-0.25, -0.2) is 9.67 Å². The van der Waals surface area contributed by atoms with Gasteiger partial charge in [0.2, 0.25) is 0 Å². The largest absolute Gasteiger partial charge is 0.270 e. The molecule has 2 aromatic heterocycles. The van der Waals surface area contributed by atoms with Crippen LogP contribution in [0.2, 0.25) is 10.0 Å². The number of halogens is 3. The highest BCUT2D eigenvalue weighted by atomic mass is 79.9. The minimum absolute atomic E-state index is 0.163. The molecule has 0 amide bonds. The lowest BCUT2D eigenvalue weighted by Gasteiger charge is -2.15. The average Bonchev–Trinajstić information content (AvgIpc) is 3.21. The molecule has 1 unspecified atom stereocenters. The lowest BCUT2D eigenvalue weighted by atomic mass is 10.2. The van der Waals surface area contributed by atoms with Crippen LogP contribution in [0, 0.1) is 0 Å².